The maximum Gasteiger partial charge on any atom is 0.410 e. The predicted molar refractivity (Wildman–Crippen MR) is 166 cm³/mol. The number of nitrogens with one attached hydrogen (secondary N) is 1. The van der Waals surface area contributed by atoms with Crippen LogP contribution in [0.1, 0.15) is 81.4 Å². The molecule has 2 aliphatic rings. The van der Waals surface area contributed by atoms with Crippen molar-refractivity contribution in [3.8, 4) is 0 Å². The minimum absolute atomic E-state index is 0.00115. The zero-order valence-electron chi connectivity index (χ0n) is 26.5. The van der Waals surface area contributed by atoms with E-state index in [-0.39, 0.29) is 36.9 Å². The fourth-order valence-corrected chi connectivity index (χ4v) is 5.08. The zero-order valence-corrected chi connectivity index (χ0v) is 26.5. The van der Waals surface area contributed by atoms with Crippen LogP contribution in [0, 0.1) is 18.6 Å². The van der Waals surface area contributed by atoms with Gasteiger partial charge < -0.3 is 24.6 Å². The maximum atomic E-state index is 15.1. The van der Waals surface area contributed by atoms with Gasteiger partial charge in [0.1, 0.15) is 22.8 Å². The first kappa shape index (κ1) is 32.7. The molecule has 236 valence electrons. The molecule has 0 saturated carbocycles. The van der Waals surface area contributed by atoms with Crippen LogP contribution in [0.5, 0.6) is 0 Å². The molecule has 2 aromatic carbocycles. The number of carbonyl (C=O) groups is 3. The molecule has 1 N–H and O–H groups in total. The monoisotopic (exact) mass is 609 g/mol. The number of nitrogens with zero attached hydrogens (tertiary/aromatic N) is 2. The summed E-state index contributed by atoms with van der Waals surface area (Å²) in [5.41, 5.74) is 2.17. The fraction of sp³-hybridized carbons (Fsp3) is 0.441. The van der Waals surface area contributed by atoms with Crippen molar-refractivity contribution in [2.75, 3.05) is 31.5 Å². The smallest absolute Gasteiger partial charge is 0.410 e. The standard InChI is InChI=1S/C34H41F2N3O5/c1-21-18-24(22-10-14-38(15-11-22)31(41)43-33(2,3)4)8-9-26(21)30(40)37-25-19-27(35)29(28(36)20-25)23-12-16-39(17-13-23)32(42)44-34(5,6)7/h8-10,12,18-20H,11,13-17H2,1-7H3,(H,37,40). The second kappa shape index (κ2) is 12.8. The maximum absolute atomic E-state index is 15.1. The molecule has 0 radical (unpaired) electrons. The minimum Gasteiger partial charge on any atom is -0.444 e. The normalized spacial score (nSPS) is 15.8. The van der Waals surface area contributed by atoms with Crippen LogP contribution >= 0.6 is 0 Å². The summed E-state index contributed by atoms with van der Waals surface area (Å²) in [5, 5.41) is 2.61. The molecule has 2 aromatic rings. The van der Waals surface area contributed by atoms with Crippen molar-refractivity contribution in [2.24, 2.45) is 0 Å². The minimum atomic E-state index is -0.797. The first-order valence-corrected chi connectivity index (χ1v) is 14.8. The number of aryl methyl sites for hydroxylation is 1. The Balaban J connectivity index is 1.41. The average molecular weight is 610 g/mol. The molecule has 2 aliphatic heterocycles. The molecule has 0 atom stereocenters. The Morgan fingerprint density at radius 3 is 1.70 bits per heavy atom. The van der Waals surface area contributed by atoms with E-state index >= 15 is 8.78 Å². The van der Waals surface area contributed by atoms with Gasteiger partial charge in [-0.2, -0.15) is 0 Å². The number of carbonyl (C=O) groups excluding carboxylic acids is 3. The van der Waals surface area contributed by atoms with Crippen molar-refractivity contribution < 1.29 is 32.6 Å². The summed E-state index contributed by atoms with van der Waals surface area (Å²) in [6.07, 6.45) is 3.68. The van der Waals surface area contributed by atoms with E-state index in [0.717, 1.165) is 23.3 Å². The van der Waals surface area contributed by atoms with E-state index in [1.807, 2.05) is 39.0 Å². The highest BCUT2D eigenvalue weighted by molar-refractivity contribution is 6.05. The molecule has 0 bridgehead atoms. The molecule has 8 nitrogen and oxygen atoms in total. The second-order valence-electron chi connectivity index (χ2n) is 13.1. The third kappa shape index (κ3) is 8.24. The van der Waals surface area contributed by atoms with Crippen LogP contribution in [0.25, 0.3) is 11.1 Å². The third-order valence-corrected chi connectivity index (χ3v) is 7.18. The van der Waals surface area contributed by atoms with Crippen molar-refractivity contribution >= 4 is 34.9 Å². The second-order valence-corrected chi connectivity index (χ2v) is 13.1. The lowest BCUT2D eigenvalue weighted by atomic mass is 9.95. The van der Waals surface area contributed by atoms with Gasteiger partial charge in [-0.05, 0) is 102 Å². The molecule has 0 spiro atoms. The molecule has 2 heterocycles. The van der Waals surface area contributed by atoms with Crippen molar-refractivity contribution in [1.82, 2.24) is 9.80 Å². The van der Waals surface area contributed by atoms with Crippen LogP contribution in [-0.2, 0) is 9.47 Å². The molecule has 0 fully saturated rings. The molecule has 0 saturated heterocycles. The Labute approximate surface area is 257 Å². The van der Waals surface area contributed by atoms with Crippen LogP contribution in [0.4, 0.5) is 24.1 Å². The van der Waals surface area contributed by atoms with Crippen LogP contribution in [-0.4, -0.2) is 65.3 Å². The van der Waals surface area contributed by atoms with Crippen molar-refractivity contribution in [1.29, 1.82) is 0 Å². The van der Waals surface area contributed by atoms with Crippen molar-refractivity contribution in [3.05, 3.63) is 76.4 Å². The fourth-order valence-electron chi connectivity index (χ4n) is 5.08. The molecule has 44 heavy (non-hydrogen) atoms. The Bertz CT molecular complexity index is 1490. The van der Waals surface area contributed by atoms with E-state index in [1.165, 1.54) is 4.90 Å². The van der Waals surface area contributed by atoms with Gasteiger partial charge in [0, 0.05) is 43.0 Å². The lowest BCUT2D eigenvalue weighted by molar-refractivity contribution is 0.0260. The lowest BCUT2D eigenvalue weighted by Gasteiger charge is -2.29. The number of hydrogen-bond donors (Lipinski definition) is 1. The van der Waals surface area contributed by atoms with Gasteiger partial charge >= 0.3 is 12.2 Å². The van der Waals surface area contributed by atoms with Crippen LogP contribution < -0.4 is 5.32 Å². The number of benzene rings is 2. The van der Waals surface area contributed by atoms with Crippen LogP contribution in [0.15, 0.2) is 42.5 Å². The average Bonchev–Trinajstić information content (AvgIpc) is 2.91. The van der Waals surface area contributed by atoms with Crippen molar-refractivity contribution in [3.63, 3.8) is 0 Å². The van der Waals surface area contributed by atoms with Gasteiger partial charge in [-0.3, -0.25) is 4.79 Å². The molecular weight excluding hydrogens is 568 g/mol. The van der Waals surface area contributed by atoms with E-state index in [0.29, 0.717) is 36.2 Å². The summed E-state index contributed by atoms with van der Waals surface area (Å²) in [6, 6.07) is 7.61. The number of rotatable bonds is 4. The number of amides is 3. The first-order valence-electron chi connectivity index (χ1n) is 14.8. The largest absolute Gasteiger partial charge is 0.444 e. The third-order valence-electron chi connectivity index (χ3n) is 7.18. The van der Waals surface area contributed by atoms with Gasteiger partial charge in [-0.1, -0.05) is 24.3 Å². The van der Waals surface area contributed by atoms with Gasteiger partial charge in [0.2, 0.25) is 0 Å². The van der Waals surface area contributed by atoms with Crippen LogP contribution in [0.2, 0.25) is 0 Å². The van der Waals surface area contributed by atoms with Crippen LogP contribution in [0.3, 0.4) is 0 Å². The summed E-state index contributed by atoms with van der Waals surface area (Å²) in [5.74, 6) is -2.08. The lowest BCUT2D eigenvalue weighted by Crippen LogP contribution is -2.39. The first-order chi connectivity index (χ1) is 20.5. The Kier molecular flexibility index (Phi) is 9.51. The molecule has 3 amide bonds. The topological polar surface area (TPSA) is 88.2 Å². The highest BCUT2D eigenvalue weighted by Crippen LogP contribution is 2.31. The summed E-state index contributed by atoms with van der Waals surface area (Å²) in [6.45, 7) is 14.0. The number of ether oxygens (including phenoxy) is 2. The molecular formula is C34H41F2N3O5. The Hall–Kier alpha value is -4.21. The van der Waals surface area contributed by atoms with Gasteiger partial charge in [0.05, 0.1) is 0 Å². The predicted octanol–water partition coefficient (Wildman–Crippen LogP) is 7.57. The summed E-state index contributed by atoms with van der Waals surface area (Å²) in [4.78, 5) is 40.9. The SMILES string of the molecule is Cc1cc(C2=CCN(C(=O)OC(C)(C)C)CC2)ccc1C(=O)Nc1cc(F)c(C2=CCN(C(=O)OC(C)(C)C)CC2)c(F)c1. The summed E-state index contributed by atoms with van der Waals surface area (Å²) >= 11 is 0. The molecule has 0 unspecified atom stereocenters. The van der Waals surface area contributed by atoms with Gasteiger partial charge in [-0.25, -0.2) is 18.4 Å². The molecule has 4 rings (SSSR count). The quantitative estimate of drug-likeness (QED) is 0.386. The summed E-state index contributed by atoms with van der Waals surface area (Å²) < 4.78 is 41.1. The van der Waals surface area contributed by atoms with Gasteiger partial charge in [-0.15, -0.1) is 0 Å². The molecule has 10 heteroatoms. The highest BCUT2D eigenvalue weighted by atomic mass is 19.1. The van der Waals surface area contributed by atoms with Crippen molar-refractivity contribution in [2.45, 2.75) is 72.5 Å². The van der Waals surface area contributed by atoms with E-state index in [1.54, 1.807) is 44.7 Å². The number of anilines is 1. The zero-order chi connectivity index (χ0) is 32.4. The van der Waals surface area contributed by atoms with E-state index < -0.39 is 34.8 Å². The van der Waals surface area contributed by atoms with E-state index in [4.69, 9.17) is 9.47 Å². The summed E-state index contributed by atoms with van der Waals surface area (Å²) in [7, 11) is 0. The highest BCUT2D eigenvalue weighted by Gasteiger charge is 2.27. The molecule has 0 aliphatic carbocycles. The van der Waals surface area contributed by atoms with Gasteiger partial charge in [0.25, 0.3) is 5.91 Å². The van der Waals surface area contributed by atoms with E-state index in [2.05, 4.69) is 5.32 Å². The van der Waals surface area contributed by atoms with E-state index in [9.17, 15) is 14.4 Å². The number of hydrogen-bond acceptors (Lipinski definition) is 5. The Morgan fingerprint density at radius 2 is 1.27 bits per heavy atom. The van der Waals surface area contributed by atoms with Gasteiger partial charge in [0.15, 0.2) is 0 Å². The Morgan fingerprint density at radius 1 is 0.773 bits per heavy atom. The molecule has 0 aromatic heterocycles. The number of halogens is 2.